The summed E-state index contributed by atoms with van der Waals surface area (Å²) < 4.78 is 39.6. The summed E-state index contributed by atoms with van der Waals surface area (Å²) in [7, 11) is 0. The number of carbonyl (C=O) groups excluding carboxylic acids is 1. The smallest absolute Gasteiger partial charge is 0.352 e. The third kappa shape index (κ3) is 5.38. The molecular formula is C23H27F3N2O. The van der Waals surface area contributed by atoms with Gasteiger partial charge in [0.15, 0.2) is 0 Å². The summed E-state index contributed by atoms with van der Waals surface area (Å²) in [4.78, 5) is 14.7. The Morgan fingerprint density at radius 1 is 1.03 bits per heavy atom. The molecular weight excluding hydrogens is 377 g/mol. The predicted octanol–water partition coefficient (Wildman–Crippen LogP) is 4.97. The van der Waals surface area contributed by atoms with Gasteiger partial charge in [-0.05, 0) is 48.2 Å². The third-order valence-corrected chi connectivity index (χ3v) is 5.58. The number of nitrogens with zero attached hydrogens (tertiary/aromatic N) is 1. The molecule has 1 saturated carbocycles. The van der Waals surface area contributed by atoms with Crippen molar-refractivity contribution in [1.82, 2.24) is 10.2 Å². The van der Waals surface area contributed by atoms with Crippen molar-refractivity contribution in [2.45, 2.75) is 45.5 Å². The number of alkyl halides is 3. The van der Waals surface area contributed by atoms with Gasteiger partial charge in [-0.1, -0.05) is 56.3 Å². The Balaban J connectivity index is 1.54. The van der Waals surface area contributed by atoms with Gasteiger partial charge in [0.05, 0.1) is 5.56 Å². The van der Waals surface area contributed by atoms with Gasteiger partial charge in [-0.2, -0.15) is 13.2 Å². The van der Waals surface area contributed by atoms with Crippen LogP contribution in [0.15, 0.2) is 48.5 Å². The van der Waals surface area contributed by atoms with Gasteiger partial charge < -0.3 is 5.32 Å². The van der Waals surface area contributed by atoms with E-state index in [9.17, 15) is 18.0 Å². The highest BCUT2D eigenvalue weighted by Crippen LogP contribution is 2.51. The molecule has 0 heterocycles. The van der Waals surface area contributed by atoms with Gasteiger partial charge in [0.2, 0.25) is 5.91 Å². The van der Waals surface area contributed by atoms with Crippen molar-refractivity contribution in [3.8, 4) is 0 Å². The van der Waals surface area contributed by atoms with Crippen LogP contribution >= 0.6 is 0 Å². The topological polar surface area (TPSA) is 32.3 Å². The standard InChI is InChI=1S/C23H27F3N2O/c1-3-28(4-2)15-17-11-9-16(10-12-17)14-27-22(29)20-13-19(20)18-7-5-6-8-21(18)23(24,25)26/h5-12,19-20H,3-4,13-15H2,1-2H3,(H,27,29). The van der Waals surface area contributed by atoms with Crippen LogP contribution in [0.3, 0.4) is 0 Å². The Kier molecular flexibility index (Phi) is 6.63. The van der Waals surface area contributed by atoms with Crippen molar-refractivity contribution in [3.63, 3.8) is 0 Å². The lowest BCUT2D eigenvalue weighted by Crippen LogP contribution is -2.25. The van der Waals surface area contributed by atoms with Crippen LogP contribution in [-0.2, 0) is 24.1 Å². The predicted molar refractivity (Wildman–Crippen MR) is 107 cm³/mol. The lowest BCUT2D eigenvalue weighted by Gasteiger charge is -2.18. The molecule has 2 unspecified atom stereocenters. The van der Waals surface area contributed by atoms with Crippen LogP contribution in [0.5, 0.6) is 0 Å². The largest absolute Gasteiger partial charge is 0.416 e. The first-order valence-electron chi connectivity index (χ1n) is 10.1. The van der Waals surface area contributed by atoms with Crippen LogP contribution in [0.2, 0.25) is 0 Å². The molecule has 2 atom stereocenters. The first-order chi connectivity index (χ1) is 13.8. The molecule has 0 saturated heterocycles. The second-order valence-electron chi connectivity index (χ2n) is 7.53. The molecule has 0 aromatic heterocycles. The summed E-state index contributed by atoms with van der Waals surface area (Å²) in [6.07, 6.45) is -3.94. The molecule has 0 radical (unpaired) electrons. The Bertz CT molecular complexity index is 829. The summed E-state index contributed by atoms with van der Waals surface area (Å²) in [6.45, 7) is 7.52. The number of carbonyl (C=O) groups is 1. The normalized spacial score (nSPS) is 18.7. The Morgan fingerprint density at radius 2 is 1.66 bits per heavy atom. The van der Waals surface area contributed by atoms with E-state index < -0.39 is 11.7 Å². The number of rotatable bonds is 8. The molecule has 1 aliphatic carbocycles. The van der Waals surface area contributed by atoms with E-state index in [0.29, 0.717) is 13.0 Å². The molecule has 1 aliphatic rings. The summed E-state index contributed by atoms with van der Waals surface area (Å²) >= 11 is 0. The van der Waals surface area contributed by atoms with Crippen LogP contribution in [-0.4, -0.2) is 23.9 Å². The Morgan fingerprint density at radius 3 is 2.28 bits per heavy atom. The van der Waals surface area contributed by atoms with E-state index in [1.54, 1.807) is 6.07 Å². The van der Waals surface area contributed by atoms with Gasteiger partial charge in [0.25, 0.3) is 0 Å². The number of nitrogens with one attached hydrogen (secondary N) is 1. The lowest BCUT2D eigenvalue weighted by molar-refractivity contribution is -0.138. The average Bonchev–Trinajstić information content (AvgIpc) is 3.51. The molecule has 29 heavy (non-hydrogen) atoms. The minimum Gasteiger partial charge on any atom is -0.352 e. The zero-order chi connectivity index (χ0) is 21.0. The Hall–Kier alpha value is -2.34. The number of hydrogen-bond acceptors (Lipinski definition) is 2. The molecule has 1 fully saturated rings. The lowest BCUT2D eigenvalue weighted by atomic mass is 10.0. The molecule has 6 heteroatoms. The van der Waals surface area contributed by atoms with Gasteiger partial charge in [0.1, 0.15) is 0 Å². The zero-order valence-electron chi connectivity index (χ0n) is 16.8. The minimum atomic E-state index is -4.40. The fraction of sp³-hybridized carbons (Fsp3) is 0.435. The summed E-state index contributed by atoms with van der Waals surface area (Å²) in [5, 5.41) is 2.87. The van der Waals surface area contributed by atoms with Crippen molar-refractivity contribution in [1.29, 1.82) is 0 Å². The maximum atomic E-state index is 13.2. The van der Waals surface area contributed by atoms with Crippen LogP contribution in [0.1, 0.15) is 48.4 Å². The van der Waals surface area contributed by atoms with E-state index in [0.717, 1.165) is 31.3 Å². The van der Waals surface area contributed by atoms with Gasteiger partial charge in [0, 0.05) is 19.0 Å². The molecule has 2 aromatic carbocycles. The SMILES string of the molecule is CCN(CC)Cc1ccc(CNC(=O)C2CC2c2ccccc2C(F)(F)F)cc1. The first kappa shape index (κ1) is 21.4. The summed E-state index contributed by atoms with van der Waals surface area (Å²) in [5.74, 6) is -0.927. The van der Waals surface area contributed by atoms with Crippen molar-refractivity contribution < 1.29 is 18.0 Å². The summed E-state index contributed by atoms with van der Waals surface area (Å²) in [6, 6.07) is 13.6. The van der Waals surface area contributed by atoms with E-state index in [2.05, 4.69) is 36.2 Å². The number of halogens is 3. The molecule has 3 rings (SSSR count). The molecule has 0 spiro atoms. The monoisotopic (exact) mass is 404 g/mol. The number of hydrogen-bond donors (Lipinski definition) is 1. The highest BCUT2D eigenvalue weighted by atomic mass is 19.4. The fourth-order valence-corrected chi connectivity index (χ4v) is 3.70. The van der Waals surface area contributed by atoms with Crippen LogP contribution in [0.25, 0.3) is 0 Å². The quantitative estimate of drug-likeness (QED) is 0.674. The van der Waals surface area contributed by atoms with Crippen LogP contribution in [0, 0.1) is 5.92 Å². The Labute approximate surface area is 169 Å². The van der Waals surface area contributed by atoms with E-state index in [4.69, 9.17) is 0 Å². The zero-order valence-corrected chi connectivity index (χ0v) is 16.8. The second kappa shape index (κ2) is 8.99. The van der Waals surface area contributed by atoms with Crippen LogP contribution in [0.4, 0.5) is 13.2 Å². The molecule has 3 nitrogen and oxygen atoms in total. The van der Waals surface area contributed by atoms with Crippen molar-refractivity contribution in [3.05, 3.63) is 70.8 Å². The van der Waals surface area contributed by atoms with Gasteiger partial charge in [-0.25, -0.2) is 0 Å². The highest BCUT2D eigenvalue weighted by molar-refractivity contribution is 5.83. The van der Waals surface area contributed by atoms with E-state index in [-0.39, 0.29) is 23.3 Å². The molecule has 156 valence electrons. The molecule has 1 N–H and O–H groups in total. The van der Waals surface area contributed by atoms with Gasteiger partial charge in [-0.15, -0.1) is 0 Å². The first-order valence-corrected chi connectivity index (χ1v) is 10.1. The highest BCUT2D eigenvalue weighted by Gasteiger charge is 2.47. The van der Waals surface area contributed by atoms with Gasteiger partial charge in [-0.3, -0.25) is 9.69 Å². The maximum Gasteiger partial charge on any atom is 0.416 e. The third-order valence-electron chi connectivity index (χ3n) is 5.58. The molecule has 2 aromatic rings. The fourth-order valence-electron chi connectivity index (χ4n) is 3.70. The van der Waals surface area contributed by atoms with Crippen molar-refractivity contribution >= 4 is 5.91 Å². The van der Waals surface area contributed by atoms with Crippen molar-refractivity contribution in [2.75, 3.05) is 13.1 Å². The minimum absolute atomic E-state index is 0.181. The molecule has 1 amide bonds. The van der Waals surface area contributed by atoms with E-state index >= 15 is 0 Å². The van der Waals surface area contributed by atoms with Crippen LogP contribution < -0.4 is 5.32 Å². The summed E-state index contributed by atoms with van der Waals surface area (Å²) in [5.41, 5.74) is 1.79. The van der Waals surface area contributed by atoms with Crippen molar-refractivity contribution in [2.24, 2.45) is 5.92 Å². The molecule has 0 aliphatic heterocycles. The molecule has 0 bridgehead atoms. The average molecular weight is 404 g/mol. The van der Waals surface area contributed by atoms with E-state index in [1.165, 1.54) is 17.7 Å². The number of benzene rings is 2. The van der Waals surface area contributed by atoms with Gasteiger partial charge >= 0.3 is 6.18 Å². The second-order valence-corrected chi connectivity index (χ2v) is 7.53. The van der Waals surface area contributed by atoms with E-state index in [1.807, 2.05) is 12.1 Å². The maximum absolute atomic E-state index is 13.2. The number of amides is 1.